The zero-order valence-electron chi connectivity index (χ0n) is 18.7. The highest BCUT2D eigenvalue weighted by atomic mass is 32.2. The van der Waals surface area contributed by atoms with Crippen LogP contribution in [0.2, 0.25) is 0 Å². The van der Waals surface area contributed by atoms with Crippen LogP contribution in [-0.2, 0) is 16.1 Å². The summed E-state index contributed by atoms with van der Waals surface area (Å²) in [6.45, 7) is 0.330. The highest BCUT2D eigenvalue weighted by molar-refractivity contribution is 8.26. The average Bonchev–Trinajstić information content (AvgIpc) is 3.45. The van der Waals surface area contributed by atoms with E-state index < -0.39 is 0 Å². The first-order valence-corrected chi connectivity index (χ1v) is 12.1. The first-order chi connectivity index (χ1) is 17.4. The number of thioether (sulfide) groups is 1. The van der Waals surface area contributed by atoms with Crippen molar-refractivity contribution in [3.8, 4) is 17.2 Å². The van der Waals surface area contributed by atoms with Gasteiger partial charge in [0.15, 0.2) is 18.1 Å². The second-order valence-electron chi connectivity index (χ2n) is 7.87. The molecule has 7 nitrogen and oxygen atoms in total. The van der Waals surface area contributed by atoms with Crippen molar-refractivity contribution in [3.05, 3.63) is 88.6 Å². The van der Waals surface area contributed by atoms with Gasteiger partial charge >= 0.3 is 0 Å². The van der Waals surface area contributed by atoms with E-state index in [0.29, 0.717) is 38.7 Å². The SMILES string of the molecule is O=C(COc1ccc(/C=C2\SC(=S)N(Cc3ccc4c(c3)OCO4)C2=O)cc1)Nc1ccc(F)cc1. The standard InChI is InChI=1S/C26H19FN2O5S2/c27-18-4-6-19(7-5-18)28-24(30)14-32-20-8-1-16(2-9-20)12-23-25(31)29(26(35)36-23)13-17-3-10-21-22(11-17)34-15-33-21/h1-12H,13-15H2,(H,28,30)/b23-12-. The van der Waals surface area contributed by atoms with Crippen LogP contribution in [0, 0.1) is 5.82 Å². The molecule has 1 fully saturated rings. The van der Waals surface area contributed by atoms with Gasteiger partial charge in [-0.15, -0.1) is 0 Å². The number of fused-ring (bicyclic) bond motifs is 1. The van der Waals surface area contributed by atoms with Crippen LogP contribution in [0.4, 0.5) is 10.1 Å². The molecular weight excluding hydrogens is 503 g/mol. The van der Waals surface area contributed by atoms with Crippen LogP contribution in [-0.4, -0.2) is 34.4 Å². The Kier molecular flexibility index (Phi) is 6.88. The molecule has 0 aromatic heterocycles. The highest BCUT2D eigenvalue weighted by Gasteiger charge is 2.32. The van der Waals surface area contributed by atoms with Crippen LogP contribution < -0.4 is 19.5 Å². The van der Waals surface area contributed by atoms with Gasteiger partial charge in [-0.3, -0.25) is 14.5 Å². The van der Waals surface area contributed by atoms with Gasteiger partial charge in [0.25, 0.3) is 11.8 Å². The minimum Gasteiger partial charge on any atom is -0.484 e. The lowest BCUT2D eigenvalue weighted by molar-refractivity contribution is -0.122. The van der Waals surface area contributed by atoms with Crippen LogP contribution in [0.25, 0.3) is 6.08 Å². The lowest BCUT2D eigenvalue weighted by Crippen LogP contribution is -2.27. The fourth-order valence-electron chi connectivity index (χ4n) is 3.55. The van der Waals surface area contributed by atoms with Gasteiger partial charge in [0.05, 0.1) is 11.4 Å². The molecule has 0 aliphatic carbocycles. The Morgan fingerprint density at radius 3 is 2.61 bits per heavy atom. The zero-order valence-corrected chi connectivity index (χ0v) is 20.4. The van der Waals surface area contributed by atoms with E-state index in [4.69, 9.17) is 26.4 Å². The number of hydrogen-bond donors (Lipinski definition) is 1. The number of ether oxygens (including phenoxy) is 3. The lowest BCUT2D eigenvalue weighted by atomic mass is 10.2. The summed E-state index contributed by atoms with van der Waals surface area (Å²) < 4.78 is 29.7. The van der Waals surface area contributed by atoms with Crippen LogP contribution in [0.15, 0.2) is 71.6 Å². The van der Waals surface area contributed by atoms with E-state index in [1.807, 2.05) is 18.2 Å². The normalized spacial score (nSPS) is 15.5. The number of carbonyl (C=O) groups excluding carboxylic acids is 2. The van der Waals surface area contributed by atoms with Gasteiger partial charge in [0.2, 0.25) is 6.79 Å². The zero-order chi connectivity index (χ0) is 25.1. The predicted molar refractivity (Wildman–Crippen MR) is 138 cm³/mol. The Balaban J connectivity index is 1.17. The molecule has 3 aromatic rings. The fraction of sp³-hybridized carbons (Fsp3) is 0.115. The first kappa shape index (κ1) is 23.8. The molecule has 2 aliphatic heterocycles. The van der Waals surface area contributed by atoms with E-state index in [1.165, 1.54) is 36.0 Å². The van der Waals surface area contributed by atoms with Gasteiger partial charge in [0, 0.05) is 5.69 Å². The van der Waals surface area contributed by atoms with Crippen molar-refractivity contribution in [1.82, 2.24) is 4.90 Å². The molecule has 2 amide bonds. The number of carbonyl (C=O) groups is 2. The van der Waals surface area contributed by atoms with Gasteiger partial charge < -0.3 is 19.5 Å². The lowest BCUT2D eigenvalue weighted by Gasteiger charge is -2.14. The number of hydrogen-bond acceptors (Lipinski definition) is 7. The third-order valence-electron chi connectivity index (χ3n) is 5.33. The Morgan fingerprint density at radius 2 is 1.83 bits per heavy atom. The number of nitrogens with zero attached hydrogens (tertiary/aromatic N) is 1. The molecule has 0 bridgehead atoms. The molecule has 0 saturated carbocycles. The van der Waals surface area contributed by atoms with Gasteiger partial charge in [-0.05, 0) is 65.7 Å². The maximum Gasteiger partial charge on any atom is 0.266 e. The van der Waals surface area contributed by atoms with Gasteiger partial charge in [-0.25, -0.2) is 4.39 Å². The number of benzene rings is 3. The fourth-order valence-corrected chi connectivity index (χ4v) is 4.80. The Labute approximate surface area is 215 Å². The third kappa shape index (κ3) is 5.50. The maximum absolute atomic E-state index is 13.0. The molecule has 5 rings (SSSR count). The Morgan fingerprint density at radius 1 is 1.08 bits per heavy atom. The summed E-state index contributed by atoms with van der Waals surface area (Å²) in [5.74, 6) is 0.930. The summed E-state index contributed by atoms with van der Waals surface area (Å²) in [4.78, 5) is 27.1. The van der Waals surface area contributed by atoms with Crippen LogP contribution in [0.3, 0.4) is 0 Å². The van der Waals surface area contributed by atoms with E-state index in [9.17, 15) is 14.0 Å². The molecule has 2 aliphatic rings. The van der Waals surface area contributed by atoms with E-state index >= 15 is 0 Å². The smallest absolute Gasteiger partial charge is 0.266 e. The Hall–Kier alpha value is -3.89. The van der Waals surface area contributed by atoms with Crippen molar-refractivity contribution in [2.24, 2.45) is 0 Å². The molecule has 0 unspecified atom stereocenters. The number of anilines is 1. The summed E-state index contributed by atoms with van der Waals surface area (Å²) in [6.07, 6.45) is 1.77. The number of thiocarbonyl (C=S) groups is 1. The van der Waals surface area contributed by atoms with Crippen molar-refractivity contribution in [2.45, 2.75) is 6.54 Å². The number of rotatable bonds is 7. The maximum atomic E-state index is 13.0. The first-order valence-electron chi connectivity index (χ1n) is 10.9. The molecule has 10 heteroatoms. The Bertz CT molecular complexity index is 1360. The van der Waals surface area contributed by atoms with Crippen molar-refractivity contribution in [2.75, 3.05) is 18.7 Å². The second kappa shape index (κ2) is 10.4. The topological polar surface area (TPSA) is 77.1 Å². The van der Waals surface area contributed by atoms with Gasteiger partial charge in [0.1, 0.15) is 15.9 Å². The van der Waals surface area contributed by atoms with Crippen LogP contribution in [0.1, 0.15) is 11.1 Å². The van der Waals surface area contributed by atoms with E-state index in [2.05, 4.69) is 5.32 Å². The van der Waals surface area contributed by atoms with Crippen molar-refractivity contribution >= 4 is 51.9 Å². The van der Waals surface area contributed by atoms with Crippen molar-refractivity contribution in [3.63, 3.8) is 0 Å². The summed E-state index contributed by atoms with van der Waals surface area (Å²) in [6, 6.07) is 18.0. The summed E-state index contributed by atoms with van der Waals surface area (Å²) in [5, 5.41) is 2.63. The van der Waals surface area contributed by atoms with Crippen LogP contribution in [0.5, 0.6) is 17.2 Å². The molecule has 36 heavy (non-hydrogen) atoms. The molecule has 0 atom stereocenters. The number of nitrogens with one attached hydrogen (secondary N) is 1. The molecule has 1 N–H and O–H groups in total. The van der Waals surface area contributed by atoms with Crippen molar-refractivity contribution < 1.29 is 28.2 Å². The summed E-state index contributed by atoms with van der Waals surface area (Å²) in [5.41, 5.74) is 2.17. The highest BCUT2D eigenvalue weighted by Crippen LogP contribution is 2.36. The summed E-state index contributed by atoms with van der Waals surface area (Å²) in [7, 11) is 0. The molecule has 2 heterocycles. The van der Waals surface area contributed by atoms with E-state index in [0.717, 1.165) is 11.1 Å². The second-order valence-corrected chi connectivity index (χ2v) is 9.54. The molecular formula is C26H19FN2O5S2. The largest absolute Gasteiger partial charge is 0.484 e. The quantitative estimate of drug-likeness (QED) is 0.347. The average molecular weight is 523 g/mol. The predicted octanol–water partition coefficient (Wildman–Crippen LogP) is 4.97. The van der Waals surface area contributed by atoms with E-state index in [-0.39, 0.29) is 31.0 Å². The van der Waals surface area contributed by atoms with Gasteiger partial charge in [-0.1, -0.05) is 42.2 Å². The third-order valence-corrected chi connectivity index (χ3v) is 6.70. The monoisotopic (exact) mass is 522 g/mol. The molecule has 182 valence electrons. The summed E-state index contributed by atoms with van der Waals surface area (Å²) >= 11 is 6.68. The molecule has 0 radical (unpaired) electrons. The number of halogens is 1. The number of amides is 2. The van der Waals surface area contributed by atoms with E-state index in [1.54, 1.807) is 35.2 Å². The molecule has 0 spiro atoms. The van der Waals surface area contributed by atoms with Gasteiger partial charge in [-0.2, -0.15) is 0 Å². The van der Waals surface area contributed by atoms with Crippen molar-refractivity contribution in [1.29, 1.82) is 0 Å². The molecule has 3 aromatic carbocycles. The minimum atomic E-state index is -0.378. The molecule has 1 saturated heterocycles. The van der Waals surface area contributed by atoms with Crippen LogP contribution >= 0.6 is 24.0 Å². The minimum absolute atomic E-state index is 0.166.